The molecular weight excluding hydrogens is 444 g/mol. The Morgan fingerprint density at radius 2 is 1.57 bits per heavy atom. The first-order chi connectivity index (χ1) is 17.0. The Labute approximate surface area is 202 Å². The molecule has 0 unspecified atom stereocenters. The van der Waals surface area contributed by atoms with E-state index in [1.807, 2.05) is 24.3 Å². The molecule has 2 heterocycles. The van der Waals surface area contributed by atoms with E-state index >= 15 is 0 Å². The predicted octanol–water partition coefficient (Wildman–Crippen LogP) is 3.26. The molecule has 35 heavy (non-hydrogen) atoms. The molecule has 3 aromatic rings. The molecule has 0 spiro atoms. The van der Waals surface area contributed by atoms with E-state index < -0.39 is 5.91 Å². The number of hydrogen-bond donors (Lipinski definition) is 3. The number of primary amides is 1. The van der Waals surface area contributed by atoms with Gasteiger partial charge in [-0.3, -0.25) is 14.4 Å². The minimum atomic E-state index is -0.551. The van der Waals surface area contributed by atoms with Crippen molar-refractivity contribution in [2.75, 3.05) is 41.8 Å². The molecule has 2 amide bonds. The lowest BCUT2D eigenvalue weighted by Crippen LogP contribution is -2.36. The molecule has 0 radical (unpaired) electrons. The van der Waals surface area contributed by atoms with Crippen LogP contribution < -0.4 is 21.3 Å². The van der Waals surface area contributed by atoms with Crippen LogP contribution in [0.1, 0.15) is 31.8 Å². The van der Waals surface area contributed by atoms with E-state index in [0.717, 1.165) is 37.7 Å². The van der Waals surface area contributed by atoms with Crippen molar-refractivity contribution < 1.29 is 19.1 Å². The lowest BCUT2D eigenvalue weighted by atomic mass is 9.99. The normalized spacial score (nSPS) is 16.1. The first-order valence-corrected chi connectivity index (χ1v) is 11.3. The number of ketones is 1. The second-order valence-corrected chi connectivity index (χ2v) is 8.33. The highest BCUT2D eigenvalue weighted by atomic mass is 16.5. The summed E-state index contributed by atoms with van der Waals surface area (Å²) in [6.45, 7) is 3.21. The average molecular weight is 469 g/mol. The third-order valence-corrected chi connectivity index (χ3v) is 6.12. The van der Waals surface area contributed by atoms with Gasteiger partial charge in [-0.1, -0.05) is 24.3 Å². The van der Waals surface area contributed by atoms with Crippen molar-refractivity contribution in [3.05, 3.63) is 95.2 Å². The lowest BCUT2D eigenvalue weighted by Gasteiger charge is -2.28. The van der Waals surface area contributed by atoms with Gasteiger partial charge >= 0.3 is 0 Å². The van der Waals surface area contributed by atoms with Crippen molar-refractivity contribution in [1.29, 1.82) is 0 Å². The van der Waals surface area contributed by atoms with Crippen LogP contribution in [0.2, 0.25) is 0 Å². The molecular formula is C27H24N4O4. The highest BCUT2D eigenvalue weighted by molar-refractivity contribution is 6.32. The minimum absolute atomic E-state index is 0.214. The number of nitrogens with zero attached hydrogens (tertiary/aromatic N) is 1. The zero-order chi connectivity index (χ0) is 24.4. The minimum Gasteiger partial charge on any atom is -0.378 e. The van der Waals surface area contributed by atoms with Crippen LogP contribution in [0, 0.1) is 0 Å². The van der Waals surface area contributed by atoms with Crippen LogP contribution >= 0.6 is 0 Å². The molecule has 8 heteroatoms. The van der Waals surface area contributed by atoms with Crippen molar-refractivity contribution in [3.63, 3.8) is 0 Å². The maximum Gasteiger partial charge on any atom is 0.257 e. The van der Waals surface area contributed by atoms with Crippen LogP contribution in [-0.4, -0.2) is 43.9 Å². The number of amides is 2. The fourth-order valence-electron chi connectivity index (χ4n) is 4.18. The van der Waals surface area contributed by atoms with Gasteiger partial charge in [0.2, 0.25) is 5.91 Å². The Kier molecular flexibility index (Phi) is 6.03. The number of anilines is 3. The molecule has 0 aliphatic carbocycles. The molecule has 2 aliphatic heterocycles. The third kappa shape index (κ3) is 4.64. The second-order valence-electron chi connectivity index (χ2n) is 8.33. The van der Waals surface area contributed by atoms with Crippen LogP contribution in [0.5, 0.6) is 0 Å². The number of morpholine rings is 1. The van der Waals surface area contributed by atoms with Gasteiger partial charge in [0.15, 0.2) is 5.78 Å². The van der Waals surface area contributed by atoms with Crippen LogP contribution in [0.15, 0.2) is 72.9 Å². The maximum atomic E-state index is 12.9. The fraction of sp³-hybridized carbons (Fsp3) is 0.148. The maximum absolute atomic E-state index is 12.9. The lowest BCUT2D eigenvalue weighted by molar-refractivity contribution is -0.110. The highest BCUT2D eigenvalue weighted by Crippen LogP contribution is 2.33. The van der Waals surface area contributed by atoms with E-state index in [1.165, 1.54) is 12.1 Å². The van der Waals surface area contributed by atoms with Gasteiger partial charge in [0, 0.05) is 58.6 Å². The third-order valence-electron chi connectivity index (χ3n) is 6.12. The number of ether oxygens (including phenoxy) is 1. The quantitative estimate of drug-likeness (QED) is 0.378. The van der Waals surface area contributed by atoms with Gasteiger partial charge < -0.3 is 26.0 Å². The van der Waals surface area contributed by atoms with Crippen molar-refractivity contribution in [2.45, 2.75) is 0 Å². The Morgan fingerprint density at radius 3 is 2.26 bits per heavy atom. The molecule has 1 fully saturated rings. The number of fused-ring (bicyclic) bond motifs is 1. The standard InChI is InChI=1S/C27H24N4O4/c28-26(33)18-3-1-17(2-4-18)25(32)19-5-10-22-23(27(34)30-24(22)15-19)16-29-20-6-8-21(9-7-20)31-11-13-35-14-12-31/h1-10,15-16,29H,11-14H2,(H2,28,33)(H,30,34). The number of nitrogens with two attached hydrogens (primary N) is 1. The van der Waals surface area contributed by atoms with Crippen LogP contribution in [0.3, 0.4) is 0 Å². The summed E-state index contributed by atoms with van der Waals surface area (Å²) in [6, 6.07) is 19.3. The zero-order valence-corrected chi connectivity index (χ0v) is 18.9. The van der Waals surface area contributed by atoms with Crippen LogP contribution in [0.25, 0.3) is 5.57 Å². The van der Waals surface area contributed by atoms with E-state index in [0.29, 0.717) is 33.5 Å². The van der Waals surface area contributed by atoms with Crippen molar-refractivity contribution in [1.82, 2.24) is 0 Å². The SMILES string of the molecule is NC(=O)c1ccc(C(=O)c2ccc3c(c2)NC(=O)C3=CNc2ccc(N3CCOCC3)cc2)cc1. The van der Waals surface area contributed by atoms with E-state index in [-0.39, 0.29) is 11.7 Å². The Balaban J connectivity index is 1.31. The summed E-state index contributed by atoms with van der Waals surface area (Å²) in [6.07, 6.45) is 1.68. The van der Waals surface area contributed by atoms with E-state index in [9.17, 15) is 14.4 Å². The summed E-state index contributed by atoms with van der Waals surface area (Å²) in [5.41, 5.74) is 10.2. The summed E-state index contributed by atoms with van der Waals surface area (Å²) in [7, 11) is 0. The highest BCUT2D eigenvalue weighted by Gasteiger charge is 2.25. The molecule has 0 bridgehead atoms. The Bertz CT molecular complexity index is 1320. The van der Waals surface area contributed by atoms with Crippen molar-refractivity contribution in [3.8, 4) is 0 Å². The van der Waals surface area contributed by atoms with Crippen LogP contribution in [-0.2, 0) is 9.53 Å². The molecule has 3 aromatic carbocycles. The molecule has 4 N–H and O–H groups in total. The summed E-state index contributed by atoms with van der Waals surface area (Å²) in [5.74, 6) is -1.01. The van der Waals surface area contributed by atoms with Crippen molar-refractivity contribution >= 4 is 40.2 Å². The van der Waals surface area contributed by atoms with Gasteiger partial charge in [-0.25, -0.2) is 0 Å². The predicted molar refractivity (Wildman–Crippen MR) is 135 cm³/mol. The average Bonchev–Trinajstić information content (AvgIpc) is 3.21. The van der Waals surface area contributed by atoms with E-state index in [1.54, 1.807) is 36.5 Å². The smallest absolute Gasteiger partial charge is 0.257 e. The number of hydrogen-bond acceptors (Lipinski definition) is 6. The van der Waals surface area contributed by atoms with E-state index in [2.05, 4.69) is 15.5 Å². The zero-order valence-electron chi connectivity index (χ0n) is 18.9. The fourth-order valence-corrected chi connectivity index (χ4v) is 4.18. The summed E-state index contributed by atoms with van der Waals surface area (Å²) in [4.78, 5) is 39.0. The van der Waals surface area contributed by atoms with Gasteiger partial charge in [0.1, 0.15) is 0 Å². The first kappa shape index (κ1) is 22.4. The number of carbonyl (C=O) groups is 3. The Hall–Kier alpha value is -4.43. The second kappa shape index (κ2) is 9.44. The monoisotopic (exact) mass is 468 g/mol. The number of benzene rings is 3. The largest absolute Gasteiger partial charge is 0.378 e. The molecule has 1 saturated heterocycles. The Morgan fingerprint density at radius 1 is 0.914 bits per heavy atom. The molecule has 176 valence electrons. The summed E-state index contributed by atoms with van der Waals surface area (Å²) >= 11 is 0. The first-order valence-electron chi connectivity index (χ1n) is 11.3. The number of nitrogens with one attached hydrogen (secondary N) is 2. The summed E-state index contributed by atoms with van der Waals surface area (Å²) in [5, 5.41) is 6.02. The van der Waals surface area contributed by atoms with Gasteiger partial charge in [-0.05, 0) is 42.5 Å². The van der Waals surface area contributed by atoms with Crippen LogP contribution in [0.4, 0.5) is 17.1 Å². The molecule has 0 atom stereocenters. The molecule has 2 aliphatic rings. The summed E-state index contributed by atoms with van der Waals surface area (Å²) < 4.78 is 5.40. The molecule has 0 saturated carbocycles. The molecule has 0 aromatic heterocycles. The van der Waals surface area contributed by atoms with Gasteiger partial charge in [-0.15, -0.1) is 0 Å². The topological polar surface area (TPSA) is 114 Å². The van der Waals surface area contributed by atoms with E-state index in [4.69, 9.17) is 10.5 Å². The van der Waals surface area contributed by atoms with Crippen molar-refractivity contribution in [2.24, 2.45) is 5.73 Å². The molecule has 8 nitrogen and oxygen atoms in total. The van der Waals surface area contributed by atoms with Gasteiger partial charge in [0.25, 0.3) is 5.91 Å². The number of rotatable bonds is 6. The molecule has 5 rings (SSSR count). The van der Waals surface area contributed by atoms with Gasteiger partial charge in [-0.2, -0.15) is 0 Å². The number of carbonyl (C=O) groups excluding carboxylic acids is 3. The van der Waals surface area contributed by atoms with Gasteiger partial charge in [0.05, 0.1) is 18.8 Å².